The molecule has 0 aromatic heterocycles. The van der Waals surface area contributed by atoms with Gasteiger partial charge in [0.25, 0.3) is 0 Å². The van der Waals surface area contributed by atoms with Crippen LogP contribution < -0.4 is 0 Å². The SMILES string of the molecule is CC(=O)OCC(CCl)OC1CCCCO1. The van der Waals surface area contributed by atoms with Crippen molar-refractivity contribution >= 4 is 17.6 Å². The molecule has 1 rings (SSSR count). The number of carbonyl (C=O) groups is 1. The summed E-state index contributed by atoms with van der Waals surface area (Å²) in [5.74, 6) is -0.0223. The zero-order valence-corrected chi connectivity index (χ0v) is 9.66. The Kier molecular flexibility index (Phi) is 5.98. The van der Waals surface area contributed by atoms with E-state index in [2.05, 4.69) is 0 Å². The van der Waals surface area contributed by atoms with Crippen LogP contribution in [0.15, 0.2) is 0 Å². The number of hydrogen-bond donors (Lipinski definition) is 0. The molecule has 0 aromatic rings. The second kappa shape index (κ2) is 7.04. The van der Waals surface area contributed by atoms with E-state index < -0.39 is 0 Å². The molecule has 1 fully saturated rings. The van der Waals surface area contributed by atoms with Crippen molar-refractivity contribution in [3.05, 3.63) is 0 Å². The molecule has 0 amide bonds. The molecule has 2 atom stereocenters. The van der Waals surface area contributed by atoms with Gasteiger partial charge in [0.2, 0.25) is 0 Å². The summed E-state index contributed by atoms with van der Waals surface area (Å²) in [6.45, 7) is 2.29. The third kappa shape index (κ3) is 5.35. The highest BCUT2D eigenvalue weighted by Gasteiger charge is 2.19. The van der Waals surface area contributed by atoms with Gasteiger partial charge in [-0.25, -0.2) is 0 Å². The molecule has 0 radical (unpaired) electrons. The molecule has 0 spiro atoms. The van der Waals surface area contributed by atoms with Crippen molar-refractivity contribution in [2.45, 2.75) is 38.6 Å². The predicted octanol–water partition coefficient (Wildman–Crippen LogP) is 1.70. The summed E-state index contributed by atoms with van der Waals surface area (Å²) in [6, 6.07) is 0. The lowest BCUT2D eigenvalue weighted by Gasteiger charge is -2.26. The topological polar surface area (TPSA) is 44.8 Å². The molecule has 0 aromatic carbocycles. The summed E-state index contributed by atoms with van der Waals surface area (Å²) in [7, 11) is 0. The lowest BCUT2D eigenvalue weighted by atomic mass is 10.2. The van der Waals surface area contributed by atoms with Gasteiger partial charge in [0, 0.05) is 13.5 Å². The third-order valence-corrected chi connectivity index (χ3v) is 2.47. The maximum Gasteiger partial charge on any atom is 0.302 e. The first-order valence-corrected chi connectivity index (χ1v) is 5.72. The Balaban J connectivity index is 2.22. The van der Waals surface area contributed by atoms with Crippen LogP contribution in [-0.4, -0.2) is 37.5 Å². The summed E-state index contributed by atoms with van der Waals surface area (Å²) in [5.41, 5.74) is 0. The average Bonchev–Trinajstić information content (AvgIpc) is 2.25. The van der Waals surface area contributed by atoms with Crippen LogP contribution in [0.3, 0.4) is 0 Å². The molecule has 2 unspecified atom stereocenters. The highest BCUT2D eigenvalue weighted by molar-refractivity contribution is 6.18. The second-order valence-corrected chi connectivity index (χ2v) is 3.82. The Morgan fingerprint density at radius 3 is 2.93 bits per heavy atom. The minimum Gasteiger partial charge on any atom is -0.463 e. The van der Waals surface area contributed by atoms with Gasteiger partial charge in [-0.05, 0) is 19.3 Å². The highest BCUT2D eigenvalue weighted by Crippen LogP contribution is 2.16. The number of halogens is 1. The third-order valence-electron chi connectivity index (χ3n) is 2.13. The van der Waals surface area contributed by atoms with E-state index in [1.54, 1.807) is 0 Å². The molecule has 1 heterocycles. The molecule has 0 N–H and O–H groups in total. The van der Waals surface area contributed by atoms with E-state index in [1.165, 1.54) is 6.92 Å². The molecule has 5 heteroatoms. The first-order valence-electron chi connectivity index (χ1n) is 5.18. The zero-order chi connectivity index (χ0) is 11.1. The van der Waals surface area contributed by atoms with E-state index in [1.807, 2.05) is 0 Å². The number of rotatable bonds is 5. The molecule has 0 bridgehead atoms. The normalized spacial score (nSPS) is 23.5. The van der Waals surface area contributed by atoms with Crippen molar-refractivity contribution in [1.82, 2.24) is 0 Å². The molecule has 0 saturated carbocycles. The molecule has 4 nitrogen and oxygen atoms in total. The van der Waals surface area contributed by atoms with Crippen molar-refractivity contribution < 1.29 is 19.0 Å². The van der Waals surface area contributed by atoms with Crippen LogP contribution in [0.4, 0.5) is 0 Å². The van der Waals surface area contributed by atoms with Gasteiger partial charge in [0.1, 0.15) is 12.7 Å². The number of alkyl halides is 1. The standard InChI is InChI=1S/C10H17ClO4/c1-8(12)14-7-9(6-11)15-10-4-2-3-5-13-10/h9-10H,2-7H2,1H3. The Labute approximate surface area is 94.8 Å². The van der Waals surface area contributed by atoms with Crippen molar-refractivity contribution in [3.8, 4) is 0 Å². The summed E-state index contributed by atoms with van der Waals surface area (Å²) >= 11 is 5.70. The fourth-order valence-corrected chi connectivity index (χ4v) is 1.53. The lowest BCUT2D eigenvalue weighted by molar-refractivity contribution is -0.194. The van der Waals surface area contributed by atoms with Gasteiger partial charge < -0.3 is 14.2 Å². The van der Waals surface area contributed by atoms with Crippen LogP contribution in [0.2, 0.25) is 0 Å². The molecular formula is C10H17ClO4. The monoisotopic (exact) mass is 236 g/mol. The Morgan fingerprint density at radius 1 is 1.60 bits per heavy atom. The van der Waals surface area contributed by atoms with E-state index in [0.717, 1.165) is 25.9 Å². The van der Waals surface area contributed by atoms with Crippen molar-refractivity contribution in [3.63, 3.8) is 0 Å². The maximum absolute atomic E-state index is 10.6. The number of esters is 1. The summed E-state index contributed by atoms with van der Waals surface area (Å²) in [6.07, 6.45) is 2.59. The van der Waals surface area contributed by atoms with Crippen LogP contribution in [0.5, 0.6) is 0 Å². The summed E-state index contributed by atoms with van der Waals surface area (Å²) in [5, 5.41) is 0. The van der Waals surface area contributed by atoms with Gasteiger partial charge in [0.05, 0.1) is 5.88 Å². The minimum atomic E-state index is -0.321. The van der Waals surface area contributed by atoms with Crippen LogP contribution in [0, 0.1) is 0 Å². The summed E-state index contributed by atoms with van der Waals surface area (Å²) in [4.78, 5) is 10.6. The van der Waals surface area contributed by atoms with Crippen molar-refractivity contribution in [1.29, 1.82) is 0 Å². The molecule has 88 valence electrons. The van der Waals surface area contributed by atoms with Gasteiger partial charge in [-0.15, -0.1) is 11.6 Å². The van der Waals surface area contributed by atoms with E-state index in [0.29, 0.717) is 5.88 Å². The number of hydrogen-bond acceptors (Lipinski definition) is 4. The number of carbonyl (C=O) groups excluding carboxylic acids is 1. The first-order chi connectivity index (χ1) is 7.22. The molecule has 1 aliphatic rings. The second-order valence-electron chi connectivity index (χ2n) is 3.51. The van der Waals surface area contributed by atoms with Gasteiger partial charge in [-0.3, -0.25) is 4.79 Å². The van der Waals surface area contributed by atoms with E-state index >= 15 is 0 Å². The smallest absolute Gasteiger partial charge is 0.302 e. The highest BCUT2D eigenvalue weighted by atomic mass is 35.5. The quantitative estimate of drug-likeness (QED) is 0.538. The van der Waals surface area contributed by atoms with Crippen LogP contribution in [-0.2, 0) is 19.0 Å². The van der Waals surface area contributed by atoms with Crippen LogP contribution >= 0.6 is 11.6 Å². The fraction of sp³-hybridized carbons (Fsp3) is 0.900. The molecule has 1 saturated heterocycles. The fourth-order valence-electron chi connectivity index (χ4n) is 1.36. The van der Waals surface area contributed by atoms with Crippen LogP contribution in [0.25, 0.3) is 0 Å². The predicted molar refractivity (Wildman–Crippen MR) is 55.8 cm³/mol. The Bertz CT molecular complexity index is 192. The number of ether oxygens (including phenoxy) is 3. The summed E-state index contributed by atoms with van der Waals surface area (Å²) < 4.78 is 15.8. The molecule has 15 heavy (non-hydrogen) atoms. The molecule has 0 aliphatic carbocycles. The van der Waals surface area contributed by atoms with E-state index in [9.17, 15) is 4.79 Å². The molecular weight excluding hydrogens is 220 g/mol. The Morgan fingerprint density at radius 2 is 2.40 bits per heavy atom. The van der Waals surface area contributed by atoms with Gasteiger partial charge >= 0.3 is 5.97 Å². The van der Waals surface area contributed by atoms with Gasteiger partial charge in [0.15, 0.2) is 6.29 Å². The lowest BCUT2D eigenvalue weighted by Crippen LogP contribution is -2.32. The van der Waals surface area contributed by atoms with Crippen LogP contribution in [0.1, 0.15) is 26.2 Å². The first kappa shape index (κ1) is 12.7. The Hall–Kier alpha value is -0.320. The minimum absolute atomic E-state index is 0.193. The average molecular weight is 237 g/mol. The maximum atomic E-state index is 10.6. The van der Waals surface area contributed by atoms with Gasteiger partial charge in [-0.1, -0.05) is 0 Å². The largest absolute Gasteiger partial charge is 0.463 e. The zero-order valence-electron chi connectivity index (χ0n) is 8.91. The van der Waals surface area contributed by atoms with Crippen molar-refractivity contribution in [2.24, 2.45) is 0 Å². The van der Waals surface area contributed by atoms with Gasteiger partial charge in [-0.2, -0.15) is 0 Å². The van der Waals surface area contributed by atoms with E-state index in [4.69, 9.17) is 25.8 Å². The van der Waals surface area contributed by atoms with E-state index in [-0.39, 0.29) is 25.0 Å². The van der Waals surface area contributed by atoms with Crippen molar-refractivity contribution in [2.75, 3.05) is 19.1 Å². The molecule has 1 aliphatic heterocycles.